The Bertz CT molecular complexity index is 649. The number of hydrogen-bond acceptors (Lipinski definition) is 2. The topological polar surface area (TPSA) is 26.3 Å². The zero-order chi connectivity index (χ0) is 17.2. The van der Waals surface area contributed by atoms with E-state index in [0.29, 0.717) is 18.6 Å². The second-order valence-electron chi connectivity index (χ2n) is 7.68. The molecule has 2 aromatic rings. The molecule has 2 nitrogen and oxygen atoms in total. The van der Waals surface area contributed by atoms with E-state index in [2.05, 4.69) is 81.4 Å². The van der Waals surface area contributed by atoms with Crippen LogP contribution in [0.25, 0.3) is 0 Å². The molecule has 1 saturated carbocycles. The summed E-state index contributed by atoms with van der Waals surface area (Å²) in [5, 5.41) is 2.53. The quantitative estimate of drug-likeness (QED) is 0.795. The lowest BCUT2D eigenvalue weighted by Gasteiger charge is -2.44. The minimum atomic E-state index is -2.50. The first kappa shape index (κ1) is 17.1. The van der Waals surface area contributed by atoms with Crippen LogP contribution < -0.4 is 10.4 Å². The van der Waals surface area contributed by atoms with E-state index >= 15 is 0 Å². The first-order valence-electron chi connectivity index (χ1n) is 8.74. The largest absolute Gasteiger partial charge is 0.404 e. The van der Waals surface area contributed by atoms with Crippen molar-refractivity contribution in [1.82, 2.24) is 0 Å². The normalized spacial score (nSPS) is 18.8. The molecule has 0 bridgehead atoms. The zero-order valence-electron chi connectivity index (χ0n) is 14.8. The summed E-state index contributed by atoms with van der Waals surface area (Å²) in [6.07, 6.45) is 2.11. The van der Waals surface area contributed by atoms with Crippen LogP contribution in [0.4, 0.5) is 0 Å². The van der Waals surface area contributed by atoms with E-state index in [1.54, 1.807) is 0 Å². The maximum Gasteiger partial charge on any atom is 0.261 e. The molecule has 0 N–H and O–H groups in total. The maximum atomic E-state index is 11.8. The van der Waals surface area contributed by atoms with Crippen molar-refractivity contribution in [2.24, 2.45) is 0 Å². The molecule has 1 aliphatic carbocycles. The molecule has 24 heavy (non-hydrogen) atoms. The molecule has 0 saturated heterocycles. The van der Waals surface area contributed by atoms with Crippen LogP contribution in [-0.4, -0.2) is 20.2 Å². The Kier molecular flexibility index (Phi) is 4.75. The van der Waals surface area contributed by atoms with Crippen molar-refractivity contribution in [3.8, 4) is 0 Å². The highest BCUT2D eigenvalue weighted by Crippen LogP contribution is 2.39. The Labute approximate surface area is 146 Å². The number of Topliss-reactive ketones (excluding diaryl/α,β-unsaturated/α-hetero) is 1. The number of rotatable bonds is 4. The highest BCUT2D eigenvalue weighted by Gasteiger charge is 2.51. The van der Waals surface area contributed by atoms with Gasteiger partial charge in [-0.25, -0.2) is 0 Å². The highest BCUT2D eigenvalue weighted by atomic mass is 28.4. The SMILES string of the molecule is CC(C)(C)[Si](OC1CCC(=O)C1)(c1ccccc1)c1ccccc1. The summed E-state index contributed by atoms with van der Waals surface area (Å²) in [6, 6.07) is 21.3. The third-order valence-electron chi connectivity index (χ3n) is 4.96. The lowest BCUT2D eigenvalue weighted by atomic mass is 10.2. The van der Waals surface area contributed by atoms with Gasteiger partial charge in [0.25, 0.3) is 8.32 Å². The van der Waals surface area contributed by atoms with Crippen molar-refractivity contribution >= 4 is 24.5 Å². The van der Waals surface area contributed by atoms with Gasteiger partial charge in [-0.05, 0) is 21.8 Å². The summed E-state index contributed by atoms with van der Waals surface area (Å²) >= 11 is 0. The molecule has 3 heteroatoms. The van der Waals surface area contributed by atoms with Gasteiger partial charge in [0.05, 0.1) is 6.10 Å². The second-order valence-corrected chi connectivity index (χ2v) is 11.9. The molecule has 2 aromatic carbocycles. The molecule has 3 rings (SSSR count). The Morgan fingerprint density at radius 3 is 1.79 bits per heavy atom. The molecule has 0 spiro atoms. The average Bonchev–Trinajstić information content (AvgIpc) is 2.98. The van der Waals surface area contributed by atoms with Gasteiger partial charge in [-0.15, -0.1) is 0 Å². The fourth-order valence-electron chi connectivity index (χ4n) is 3.82. The van der Waals surface area contributed by atoms with Crippen molar-refractivity contribution in [3.05, 3.63) is 60.7 Å². The van der Waals surface area contributed by atoms with Gasteiger partial charge in [-0.3, -0.25) is 4.79 Å². The molecule has 0 heterocycles. The number of benzene rings is 2. The van der Waals surface area contributed by atoms with Crippen molar-refractivity contribution in [1.29, 1.82) is 0 Å². The molecule has 0 aliphatic heterocycles. The number of hydrogen-bond donors (Lipinski definition) is 0. The van der Waals surface area contributed by atoms with E-state index in [1.807, 2.05) is 0 Å². The molecule has 1 aliphatic rings. The molecule has 1 unspecified atom stereocenters. The molecular formula is C21H26O2Si. The fraction of sp³-hybridized carbons (Fsp3) is 0.381. The average molecular weight is 339 g/mol. The van der Waals surface area contributed by atoms with Gasteiger partial charge in [0.2, 0.25) is 0 Å². The van der Waals surface area contributed by atoms with Crippen molar-refractivity contribution < 1.29 is 9.22 Å². The minimum Gasteiger partial charge on any atom is -0.404 e. The highest BCUT2D eigenvalue weighted by molar-refractivity contribution is 6.99. The Morgan fingerprint density at radius 1 is 0.917 bits per heavy atom. The van der Waals surface area contributed by atoms with Gasteiger partial charge in [-0.1, -0.05) is 81.4 Å². The van der Waals surface area contributed by atoms with Gasteiger partial charge in [0, 0.05) is 12.8 Å². The van der Waals surface area contributed by atoms with Crippen molar-refractivity contribution in [2.75, 3.05) is 0 Å². The third-order valence-corrected chi connectivity index (χ3v) is 10.1. The first-order valence-corrected chi connectivity index (χ1v) is 10.6. The molecule has 0 aromatic heterocycles. The van der Waals surface area contributed by atoms with Crippen molar-refractivity contribution in [2.45, 2.75) is 51.2 Å². The Balaban J connectivity index is 2.15. The summed E-state index contributed by atoms with van der Waals surface area (Å²) in [7, 11) is -2.50. The smallest absolute Gasteiger partial charge is 0.261 e. The summed E-state index contributed by atoms with van der Waals surface area (Å²) in [4.78, 5) is 11.8. The van der Waals surface area contributed by atoms with Crippen LogP contribution in [0.3, 0.4) is 0 Å². The first-order chi connectivity index (χ1) is 11.4. The van der Waals surface area contributed by atoms with Gasteiger partial charge >= 0.3 is 0 Å². The summed E-state index contributed by atoms with van der Waals surface area (Å²) in [5.41, 5.74) is 0. The van der Waals surface area contributed by atoms with E-state index in [9.17, 15) is 4.79 Å². The molecule has 0 radical (unpaired) electrons. The van der Waals surface area contributed by atoms with Crippen molar-refractivity contribution in [3.63, 3.8) is 0 Å². The summed E-state index contributed by atoms with van der Waals surface area (Å²) in [6.45, 7) is 6.82. The number of carbonyl (C=O) groups excluding carboxylic acids is 1. The van der Waals surface area contributed by atoms with Gasteiger partial charge in [0.15, 0.2) is 0 Å². The predicted octanol–water partition coefficient (Wildman–Crippen LogP) is 3.68. The van der Waals surface area contributed by atoms with Gasteiger partial charge < -0.3 is 4.43 Å². The lowest BCUT2D eigenvalue weighted by molar-refractivity contribution is -0.117. The van der Waals surface area contributed by atoms with E-state index in [4.69, 9.17) is 4.43 Å². The zero-order valence-corrected chi connectivity index (χ0v) is 15.8. The summed E-state index contributed by atoms with van der Waals surface area (Å²) < 4.78 is 6.92. The summed E-state index contributed by atoms with van der Waals surface area (Å²) in [5.74, 6) is 0.331. The predicted molar refractivity (Wildman–Crippen MR) is 101 cm³/mol. The molecule has 1 atom stereocenters. The monoisotopic (exact) mass is 338 g/mol. The van der Waals surface area contributed by atoms with Crippen LogP contribution >= 0.6 is 0 Å². The van der Waals surface area contributed by atoms with Crippen LogP contribution in [0, 0.1) is 0 Å². The van der Waals surface area contributed by atoms with Crippen LogP contribution in [0.15, 0.2) is 60.7 Å². The Hall–Kier alpha value is -1.71. The maximum absolute atomic E-state index is 11.8. The number of carbonyl (C=O) groups is 1. The minimum absolute atomic E-state index is 0.0264. The van der Waals surface area contributed by atoms with Crippen LogP contribution in [0.1, 0.15) is 40.0 Å². The molecule has 1 fully saturated rings. The van der Waals surface area contributed by atoms with E-state index in [-0.39, 0.29) is 11.1 Å². The lowest BCUT2D eigenvalue weighted by Crippen LogP contribution is -2.67. The van der Waals surface area contributed by atoms with Crippen LogP contribution in [0.5, 0.6) is 0 Å². The fourth-order valence-corrected chi connectivity index (χ4v) is 8.54. The Morgan fingerprint density at radius 2 is 1.42 bits per heavy atom. The van der Waals surface area contributed by atoms with Crippen LogP contribution in [0.2, 0.25) is 5.04 Å². The molecule has 0 amide bonds. The van der Waals surface area contributed by atoms with E-state index in [1.165, 1.54) is 10.4 Å². The van der Waals surface area contributed by atoms with Crippen LogP contribution in [-0.2, 0) is 9.22 Å². The van der Waals surface area contributed by atoms with E-state index < -0.39 is 8.32 Å². The molecule has 126 valence electrons. The number of ketones is 1. The molecular weight excluding hydrogens is 312 g/mol. The van der Waals surface area contributed by atoms with E-state index in [0.717, 1.165) is 6.42 Å². The standard InChI is InChI=1S/C21H26O2Si/c1-21(2,3)24(19-10-6-4-7-11-19,20-12-8-5-9-13-20)23-18-15-14-17(22)16-18/h4-13,18H,14-16H2,1-3H3. The van der Waals surface area contributed by atoms with Gasteiger partial charge in [-0.2, -0.15) is 0 Å². The third kappa shape index (κ3) is 3.11. The second kappa shape index (κ2) is 6.65. The van der Waals surface area contributed by atoms with Gasteiger partial charge in [0.1, 0.15) is 5.78 Å².